The maximum atomic E-state index is 12.1. The zero-order chi connectivity index (χ0) is 18.1. The van der Waals surface area contributed by atoms with Crippen LogP contribution >= 0.6 is 11.3 Å². The highest BCUT2D eigenvalue weighted by Crippen LogP contribution is 2.32. The zero-order valence-corrected chi connectivity index (χ0v) is 13.5. The van der Waals surface area contributed by atoms with Crippen LogP contribution in [0.25, 0.3) is 10.2 Å². The molecule has 3 rings (SSSR count). The number of benzene rings is 2. The molecule has 0 N–H and O–H groups in total. The maximum absolute atomic E-state index is 12.1. The second kappa shape index (κ2) is 6.24. The van der Waals surface area contributed by atoms with E-state index in [1.54, 1.807) is 0 Å². The molecule has 1 heterocycles. The minimum atomic E-state index is -0.951. The third-order valence-corrected chi connectivity index (χ3v) is 4.26. The Hall–Kier alpha value is -3.40. The fraction of sp³-hybridized carbons (Fsp3) is 0.0667. The van der Waals surface area contributed by atoms with Crippen molar-refractivity contribution in [3.63, 3.8) is 0 Å². The predicted octanol–water partition coefficient (Wildman–Crippen LogP) is 3.25. The first-order chi connectivity index (χ1) is 11.8. The number of nitro benzene ring substituents is 2. The van der Waals surface area contributed by atoms with Crippen molar-refractivity contribution in [2.24, 2.45) is 4.99 Å². The van der Waals surface area contributed by atoms with Crippen LogP contribution in [0.5, 0.6) is 5.75 Å². The molecule has 0 unspecified atom stereocenters. The molecule has 0 saturated carbocycles. The van der Waals surface area contributed by atoms with Gasteiger partial charge in [-0.1, -0.05) is 17.4 Å². The molecule has 3 aromatic rings. The van der Waals surface area contributed by atoms with E-state index in [2.05, 4.69) is 9.98 Å². The van der Waals surface area contributed by atoms with Crippen LogP contribution in [0, 0.1) is 27.2 Å². The lowest BCUT2D eigenvalue weighted by atomic mass is 10.1. The highest BCUT2D eigenvalue weighted by molar-refractivity contribution is 7.22. The number of aliphatic imine (C=N–C) groups is 1. The van der Waals surface area contributed by atoms with E-state index in [1.165, 1.54) is 11.3 Å². The van der Waals surface area contributed by atoms with E-state index >= 15 is 0 Å². The molecule has 0 radical (unpaired) electrons. The van der Waals surface area contributed by atoms with E-state index < -0.39 is 27.0 Å². The van der Waals surface area contributed by atoms with E-state index in [1.807, 2.05) is 25.1 Å². The monoisotopic (exact) mass is 357 g/mol. The van der Waals surface area contributed by atoms with Crippen LogP contribution in [0.3, 0.4) is 0 Å². The second-order valence-corrected chi connectivity index (χ2v) is 6.13. The second-order valence-electron chi connectivity index (χ2n) is 5.12. The van der Waals surface area contributed by atoms with Crippen molar-refractivity contribution in [3.05, 3.63) is 61.7 Å². The molecule has 0 aliphatic carbocycles. The van der Waals surface area contributed by atoms with Crippen molar-refractivity contribution >= 4 is 44.3 Å². The van der Waals surface area contributed by atoms with E-state index in [9.17, 15) is 25.3 Å². The average Bonchev–Trinajstić information content (AvgIpc) is 2.95. The highest BCUT2D eigenvalue weighted by Gasteiger charge is 2.18. The standard InChI is InChI=1S/C15H10N4O5S/c1-8-2-3-11-13(4-8)25-15(17-11)16-7-9-5-10(18(21)22)6-12(14(9)20)19(23)24/h2-7,20H,1H3/p-1. The Morgan fingerprint density at radius 3 is 2.60 bits per heavy atom. The lowest BCUT2D eigenvalue weighted by molar-refractivity contribution is -0.403. The Morgan fingerprint density at radius 1 is 1.16 bits per heavy atom. The molecule has 10 heteroatoms. The summed E-state index contributed by atoms with van der Waals surface area (Å²) in [5, 5.41) is 34.2. The minimum absolute atomic E-state index is 0.240. The van der Waals surface area contributed by atoms with Crippen molar-refractivity contribution in [2.75, 3.05) is 0 Å². The molecule has 0 spiro atoms. The van der Waals surface area contributed by atoms with Gasteiger partial charge in [-0.3, -0.25) is 20.2 Å². The van der Waals surface area contributed by atoms with Crippen molar-refractivity contribution in [2.45, 2.75) is 6.92 Å². The van der Waals surface area contributed by atoms with Crippen molar-refractivity contribution < 1.29 is 15.0 Å². The van der Waals surface area contributed by atoms with Crippen molar-refractivity contribution in [3.8, 4) is 5.75 Å². The maximum Gasteiger partial charge on any atom is 0.276 e. The Labute approximate surface area is 144 Å². The summed E-state index contributed by atoms with van der Waals surface area (Å²) < 4.78 is 0.902. The van der Waals surface area contributed by atoms with E-state index in [4.69, 9.17) is 0 Å². The van der Waals surface area contributed by atoms with Crippen molar-refractivity contribution in [1.29, 1.82) is 0 Å². The predicted molar refractivity (Wildman–Crippen MR) is 90.8 cm³/mol. The molecule has 0 atom stereocenters. The molecule has 0 aliphatic heterocycles. The summed E-state index contributed by atoms with van der Waals surface area (Å²) in [6.07, 6.45) is 1.06. The lowest BCUT2D eigenvalue weighted by Gasteiger charge is -2.09. The molecular weight excluding hydrogens is 348 g/mol. The van der Waals surface area contributed by atoms with Gasteiger partial charge in [0.15, 0.2) is 0 Å². The molecule has 0 aliphatic rings. The first-order valence-electron chi connectivity index (χ1n) is 6.90. The molecule has 25 heavy (non-hydrogen) atoms. The molecule has 1 aromatic heterocycles. The Kier molecular flexibility index (Phi) is 4.11. The minimum Gasteiger partial charge on any atom is -0.867 e. The first kappa shape index (κ1) is 16.5. The van der Waals surface area contributed by atoms with Gasteiger partial charge in [0.25, 0.3) is 11.4 Å². The van der Waals surface area contributed by atoms with Gasteiger partial charge in [0.1, 0.15) is 0 Å². The molecule has 0 amide bonds. The average molecular weight is 357 g/mol. The highest BCUT2D eigenvalue weighted by atomic mass is 32.1. The fourth-order valence-electron chi connectivity index (χ4n) is 2.16. The Bertz CT molecular complexity index is 1040. The van der Waals surface area contributed by atoms with E-state index in [0.29, 0.717) is 11.2 Å². The summed E-state index contributed by atoms with van der Waals surface area (Å²) in [6, 6.07) is 7.26. The molecule has 9 nitrogen and oxygen atoms in total. The topological polar surface area (TPSA) is 135 Å². The summed E-state index contributed by atoms with van der Waals surface area (Å²) >= 11 is 1.28. The fourth-order valence-corrected chi connectivity index (χ4v) is 3.07. The summed E-state index contributed by atoms with van der Waals surface area (Å²) in [5.74, 6) is -0.934. The van der Waals surface area contributed by atoms with E-state index in [-0.39, 0.29) is 5.56 Å². The van der Waals surface area contributed by atoms with Crippen molar-refractivity contribution in [1.82, 2.24) is 4.98 Å². The number of hydrogen-bond acceptors (Lipinski definition) is 8. The number of thiazole rings is 1. The van der Waals surface area contributed by atoms with Gasteiger partial charge in [-0.25, -0.2) is 9.98 Å². The van der Waals surface area contributed by atoms with Gasteiger partial charge in [-0.05, 0) is 35.9 Å². The third-order valence-electron chi connectivity index (χ3n) is 3.34. The molecule has 0 fully saturated rings. The van der Waals surface area contributed by atoms with Gasteiger partial charge in [0.05, 0.1) is 26.1 Å². The summed E-state index contributed by atoms with van der Waals surface area (Å²) in [7, 11) is 0. The number of non-ortho nitro benzene ring substituents is 1. The van der Waals surface area contributed by atoms with Gasteiger partial charge < -0.3 is 5.11 Å². The molecule has 2 aromatic carbocycles. The zero-order valence-electron chi connectivity index (χ0n) is 12.7. The van der Waals surface area contributed by atoms with Gasteiger partial charge in [0, 0.05) is 12.3 Å². The number of fused-ring (bicyclic) bond motifs is 1. The van der Waals surface area contributed by atoms with Crippen LogP contribution in [-0.4, -0.2) is 21.0 Å². The van der Waals surface area contributed by atoms with Crippen LogP contribution in [0.2, 0.25) is 0 Å². The van der Waals surface area contributed by atoms with Gasteiger partial charge in [0.2, 0.25) is 5.13 Å². The number of hydrogen-bond donors (Lipinski definition) is 0. The molecule has 0 bridgehead atoms. The van der Waals surface area contributed by atoms with Gasteiger partial charge in [-0.2, -0.15) is 0 Å². The number of aromatic nitrogens is 1. The third kappa shape index (κ3) is 3.28. The van der Waals surface area contributed by atoms with Crippen LogP contribution in [0.15, 0.2) is 35.3 Å². The lowest BCUT2D eigenvalue weighted by Crippen LogP contribution is -2.03. The number of rotatable bonds is 4. The van der Waals surface area contributed by atoms with Crippen LogP contribution in [0.4, 0.5) is 16.5 Å². The normalized spacial score (nSPS) is 11.2. The first-order valence-corrected chi connectivity index (χ1v) is 7.72. The van der Waals surface area contributed by atoms with Crippen LogP contribution < -0.4 is 5.11 Å². The van der Waals surface area contributed by atoms with Crippen LogP contribution in [0.1, 0.15) is 11.1 Å². The quantitative estimate of drug-likeness (QED) is 0.399. The van der Waals surface area contributed by atoms with Gasteiger partial charge >= 0.3 is 0 Å². The number of nitro groups is 2. The molecular formula is C15H9N4O5S-. The largest absolute Gasteiger partial charge is 0.867 e. The number of aryl methyl sites for hydroxylation is 1. The van der Waals surface area contributed by atoms with Gasteiger partial charge in [-0.15, -0.1) is 0 Å². The smallest absolute Gasteiger partial charge is 0.276 e. The molecule has 0 saturated heterocycles. The summed E-state index contributed by atoms with van der Waals surface area (Å²) in [5.41, 5.74) is 0.137. The Balaban J connectivity index is 2.04. The summed E-state index contributed by atoms with van der Waals surface area (Å²) in [6.45, 7) is 1.94. The molecule has 126 valence electrons. The SMILES string of the molecule is Cc1ccc2nc(N=Cc3cc([N+](=O)[O-])cc([N+](=O)[O-])c3[O-])sc2c1. The van der Waals surface area contributed by atoms with Crippen LogP contribution in [-0.2, 0) is 0 Å². The number of nitrogens with zero attached hydrogens (tertiary/aromatic N) is 4. The summed E-state index contributed by atoms with van der Waals surface area (Å²) in [4.78, 5) is 28.3. The Morgan fingerprint density at radius 2 is 1.92 bits per heavy atom. The van der Waals surface area contributed by atoms with E-state index in [0.717, 1.165) is 28.1 Å².